The fraction of sp³-hybridized carbons (Fsp3) is 0.778. The highest BCUT2D eigenvalue weighted by Crippen LogP contribution is 2.09. The summed E-state index contributed by atoms with van der Waals surface area (Å²) in [5.41, 5.74) is 0. The number of nitrogens with zero attached hydrogens (tertiary/aromatic N) is 1. The van der Waals surface area contributed by atoms with Gasteiger partial charge in [-0.1, -0.05) is 32.6 Å². The number of hydrogen-bond acceptors (Lipinski definition) is 1. The van der Waals surface area contributed by atoms with Crippen molar-refractivity contribution in [1.29, 1.82) is 0 Å². The topological polar surface area (TPSA) is 3.24 Å². The lowest BCUT2D eigenvalue weighted by atomic mass is 10.5. The van der Waals surface area contributed by atoms with Gasteiger partial charge in [-0.25, -0.2) is 0 Å². The summed E-state index contributed by atoms with van der Waals surface area (Å²) in [6.07, 6.45) is 3.26. The van der Waals surface area contributed by atoms with Crippen LogP contribution < -0.4 is 0 Å². The van der Waals surface area contributed by atoms with Gasteiger partial charge in [-0.05, 0) is 13.0 Å². The minimum atomic E-state index is -1.07. The van der Waals surface area contributed by atoms with Gasteiger partial charge in [0, 0.05) is 6.54 Å². The molecule has 0 saturated heterocycles. The van der Waals surface area contributed by atoms with Crippen LogP contribution in [0.15, 0.2) is 12.7 Å². The largest absolute Gasteiger partial charge is 0.321 e. The summed E-state index contributed by atoms with van der Waals surface area (Å²) < 4.78 is 2.57. The Kier molecular flexibility index (Phi) is 4.69. The van der Waals surface area contributed by atoms with Crippen molar-refractivity contribution < 1.29 is 0 Å². The van der Waals surface area contributed by atoms with Crippen LogP contribution in [-0.4, -0.2) is 25.9 Å². The van der Waals surface area contributed by atoms with Crippen LogP contribution in [0, 0.1) is 0 Å². The van der Waals surface area contributed by atoms with Crippen molar-refractivity contribution >= 4 is 8.24 Å². The lowest BCUT2D eigenvalue weighted by Gasteiger charge is -2.32. The highest BCUT2D eigenvalue weighted by Gasteiger charge is 2.21. The van der Waals surface area contributed by atoms with Crippen molar-refractivity contribution in [2.24, 2.45) is 0 Å². The minimum absolute atomic E-state index is 1.06. The quantitative estimate of drug-likeness (QED) is 0.454. The van der Waals surface area contributed by atoms with Crippen LogP contribution in [0.4, 0.5) is 0 Å². The Bertz CT molecular complexity index is 115. The maximum Gasteiger partial charge on any atom is 0.119 e. The molecule has 0 amide bonds. The summed E-state index contributed by atoms with van der Waals surface area (Å²) in [6.45, 7) is 15.4. The lowest BCUT2D eigenvalue weighted by molar-refractivity contribution is 0.464. The third kappa shape index (κ3) is 4.38. The van der Waals surface area contributed by atoms with Gasteiger partial charge in [0.05, 0.1) is 0 Å². The van der Waals surface area contributed by atoms with Gasteiger partial charge in [0.25, 0.3) is 0 Å². The van der Waals surface area contributed by atoms with Crippen molar-refractivity contribution in [3.63, 3.8) is 0 Å². The van der Waals surface area contributed by atoms with Gasteiger partial charge < -0.3 is 4.57 Å². The van der Waals surface area contributed by atoms with Gasteiger partial charge >= 0.3 is 0 Å². The Morgan fingerprint density at radius 3 is 2.18 bits per heavy atom. The van der Waals surface area contributed by atoms with Gasteiger partial charge in [0.2, 0.25) is 0 Å². The van der Waals surface area contributed by atoms with Crippen molar-refractivity contribution in [3.05, 3.63) is 12.7 Å². The standard InChI is InChI=1S/C9H21NSi/c1-6-8-10(9-7-2)11(3,4)5/h6H,1,7-9H2,2-5H3. The molecule has 66 valence electrons. The van der Waals surface area contributed by atoms with E-state index in [4.69, 9.17) is 0 Å². The molecule has 0 N–H and O–H groups in total. The zero-order chi connectivity index (χ0) is 8.91. The molecule has 0 unspecified atom stereocenters. The van der Waals surface area contributed by atoms with E-state index in [1.165, 1.54) is 13.0 Å². The van der Waals surface area contributed by atoms with Crippen molar-refractivity contribution in [1.82, 2.24) is 4.57 Å². The first-order chi connectivity index (χ1) is 5.02. The van der Waals surface area contributed by atoms with E-state index in [9.17, 15) is 0 Å². The van der Waals surface area contributed by atoms with Crippen molar-refractivity contribution in [2.45, 2.75) is 33.0 Å². The third-order valence-electron chi connectivity index (χ3n) is 1.79. The van der Waals surface area contributed by atoms with Gasteiger partial charge in [-0.2, -0.15) is 0 Å². The van der Waals surface area contributed by atoms with Crippen LogP contribution >= 0.6 is 0 Å². The molecule has 0 saturated carbocycles. The second-order valence-electron chi connectivity index (χ2n) is 3.91. The average Bonchev–Trinajstić information content (AvgIpc) is 1.85. The molecule has 0 radical (unpaired) electrons. The molecule has 0 heterocycles. The molecule has 0 aromatic heterocycles. The average molecular weight is 171 g/mol. The molecular formula is C9H21NSi. The molecular weight excluding hydrogens is 150 g/mol. The maximum atomic E-state index is 3.78. The number of hydrogen-bond donors (Lipinski definition) is 0. The summed E-state index contributed by atoms with van der Waals surface area (Å²) >= 11 is 0. The fourth-order valence-corrected chi connectivity index (χ4v) is 2.70. The fourth-order valence-electron chi connectivity index (χ4n) is 1.13. The monoisotopic (exact) mass is 171 g/mol. The van der Waals surface area contributed by atoms with E-state index in [0.717, 1.165) is 6.54 Å². The van der Waals surface area contributed by atoms with E-state index in [1.54, 1.807) is 0 Å². The molecule has 0 aliphatic heterocycles. The van der Waals surface area contributed by atoms with Crippen LogP contribution in [0.2, 0.25) is 19.6 Å². The molecule has 0 atom stereocenters. The Balaban J connectivity index is 3.97. The van der Waals surface area contributed by atoms with Gasteiger partial charge in [0.1, 0.15) is 8.24 Å². The molecule has 0 aromatic rings. The SMILES string of the molecule is C=CCN(CCC)[Si](C)(C)C. The van der Waals surface area contributed by atoms with E-state index in [0.29, 0.717) is 0 Å². The minimum Gasteiger partial charge on any atom is -0.321 e. The highest BCUT2D eigenvalue weighted by molar-refractivity contribution is 6.73. The van der Waals surface area contributed by atoms with E-state index >= 15 is 0 Å². The first kappa shape index (κ1) is 10.9. The van der Waals surface area contributed by atoms with Gasteiger partial charge in [-0.3, -0.25) is 0 Å². The van der Waals surface area contributed by atoms with Gasteiger partial charge in [-0.15, -0.1) is 6.58 Å². The molecule has 0 aliphatic carbocycles. The van der Waals surface area contributed by atoms with E-state index in [-0.39, 0.29) is 0 Å². The molecule has 0 rings (SSSR count). The van der Waals surface area contributed by atoms with Crippen LogP contribution in [0.1, 0.15) is 13.3 Å². The second-order valence-corrected chi connectivity index (χ2v) is 8.88. The Hall–Kier alpha value is -0.0831. The zero-order valence-corrected chi connectivity index (χ0v) is 9.35. The lowest BCUT2D eigenvalue weighted by Crippen LogP contribution is -2.46. The first-order valence-electron chi connectivity index (χ1n) is 4.38. The first-order valence-corrected chi connectivity index (χ1v) is 7.83. The molecule has 2 heteroatoms. The predicted octanol–water partition coefficient (Wildman–Crippen LogP) is 2.72. The summed E-state index contributed by atoms with van der Waals surface area (Å²) in [6, 6.07) is 0. The normalized spacial score (nSPS) is 12.1. The summed E-state index contributed by atoms with van der Waals surface area (Å²) in [4.78, 5) is 0. The van der Waals surface area contributed by atoms with E-state index < -0.39 is 8.24 Å². The molecule has 0 aliphatic rings. The van der Waals surface area contributed by atoms with E-state index in [2.05, 4.69) is 37.7 Å². The molecule has 0 fully saturated rings. The summed E-state index contributed by atoms with van der Waals surface area (Å²) in [5, 5.41) is 0. The van der Waals surface area contributed by atoms with Crippen LogP contribution in [0.3, 0.4) is 0 Å². The Morgan fingerprint density at radius 1 is 1.36 bits per heavy atom. The summed E-state index contributed by atoms with van der Waals surface area (Å²) in [5.74, 6) is 0. The molecule has 11 heavy (non-hydrogen) atoms. The van der Waals surface area contributed by atoms with Gasteiger partial charge in [0.15, 0.2) is 0 Å². The summed E-state index contributed by atoms with van der Waals surface area (Å²) in [7, 11) is -1.07. The zero-order valence-electron chi connectivity index (χ0n) is 8.35. The van der Waals surface area contributed by atoms with Crippen molar-refractivity contribution in [2.75, 3.05) is 13.1 Å². The maximum absolute atomic E-state index is 3.78. The number of rotatable bonds is 5. The van der Waals surface area contributed by atoms with Crippen molar-refractivity contribution in [3.8, 4) is 0 Å². The van der Waals surface area contributed by atoms with Crippen LogP contribution in [0.25, 0.3) is 0 Å². The molecule has 0 spiro atoms. The van der Waals surface area contributed by atoms with Crippen LogP contribution in [0.5, 0.6) is 0 Å². The van der Waals surface area contributed by atoms with Crippen LogP contribution in [-0.2, 0) is 0 Å². The molecule has 1 nitrogen and oxygen atoms in total. The van der Waals surface area contributed by atoms with E-state index in [1.807, 2.05) is 6.08 Å². The highest BCUT2D eigenvalue weighted by atomic mass is 28.3. The molecule has 0 aromatic carbocycles. The Labute approximate surface area is 72.2 Å². The molecule has 0 bridgehead atoms. The predicted molar refractivity (Wildman–Crippen MR) is 55.4 cm³/mol. The smallest absolute Gasteiger partial charge is 0.119 e. The second kappa shape index (κ2) is 4.73. The third-order valence-corrected chi connectivity index (χ3v) is 4.10. The Morgan fingerprint density at radius 2 is 1.91 bits per heavy atom.